The molecule has 0 aromatic rings. The molecular weight excluding hydrogens is 194 g/mol. The summed E-state index contributed by atoms with van der Waals surface area (Å²) in [5.41, 5.74) is 0. The Morgan fingerprint density at radius 2 is 1.69 bits per heavy atom. The van der Waals surface area contributed by atoms with E-state index in [1.165, 1.54) is 57.9 Å². The third-order valence-corrected chi connectivity index (χ3v) is 5.06. The highest BCUT2D eigenvalue weighted by atomic mass is 14.9. The summed E-state index contributed by atoms with van der Waals surface area (Å²) in [5, 5.41) is 3.80. The van der Waals surface area contributed by atoms with Gasteiger partial charge in [0.05, 0.1) is 0 Å². The van der Waals surface area contributed by atoms with Crippen molar-refractivity contribution in [1.29, 1.82) is 0 Å². The average Bonchev–Trinajstić information content (AvgIpc) is 2.76. The molecule has 1 nitrogen and oxygen atoms in total. The van der Waals surface area contributed by atoms with Crippen molar-refractivity contribution in [2.45, 2.75) is 71.3 Å². The van der Waals surface area contributed by atoms with Crippen LogP contribution >= 0.6 is 0 Å². The monoisotopic (exact) mass is 223 g/mol. The van der Waals surface area contributed by atoms with Gasteiger partial charge in [-0.25, -0.2) is 0 Å². The highest BCUT2D eigenvalue weighted by Crippen LogP contribution is 2.30. The largest absolute Gasteiger partial charge is 0.314 e. The highest BCUT2D eigenvalue weighted by molar-refractivity contribution is 4.80. The van der Waals surface area contributed by atoms with Crippen molar-refractivity contribution in [2.24, 2.45) is 17.8 Å². The summed E-state index contributed by atoms with van der Waals surface area (Å²) in [6, 6.07) is 0.826. The molecule has 3 atom stereocenters. The number of hydrogen-bond donors (Lipinski definition) is 1. The summed E-state index contributed by atoms with van der Waals surface area (Å²) >= 11 is 0. The lowest BCUT2D eigenvalue weighted by atomic mass is 9.79. The Kier molecular flexibility index (Phi) is 4.69. The zero-order chi connectivity index (χ0) is 11.4. The summed E-state index contributed by atoms with van der Waals surface area (Å²) < 4.78 is 0. The second kappa shape index (κ2) is 6.05. The standard InChI is InChI=1S/C15H29N/c1-12-7-8-15(11-13(12)2)16-10-9-14-5-3-4-6-14/h12-16H,3-11H2,1-2H3. The minimum atomic E-state index is 0.826. The molecule has 94 valence electrons. The molecular formula is C15H29N. The van der Waals surface area contributed by atoms with Crippen LogP contribution in [0.3, 0.4) is 0 Å². The van der Waals surface area contributed by atoms with Crippen LogP contribution in [-0.2, 0) is 0 Å². The molecule has 0 aromatic heterocycles. The summed E-state index contributed by atoms with van der Waals surface area (Å²) in [5.74, 6) is 2.93. The molecule has 1 N–H and O–H groups in total. The van der Waals surface area contributed by atoms with Gasteiger partial charge in [0.2, 0.25) is 0 Å². The second-order valence-corrected chi connectivity index (χ2v) is 6.36. The van der Waals surface area contributed by atoms with Gasteiger partial charge in [-0.3, -0.25) is 0 Å². The number of rotatable bonds is 4. The van der Waals surface area contributed by atoms with Crippen LogP contribution in [0.1, 0.15) is 65.2 Å². The zero-order valence-electron chi connectivity index (χ0n) is 11.2. The van der Waals surface area contributed by atoms with E-state index in [-0.39, 0.29) is 0 Å². The Hall–Kier alpha value is -0.0400. The van der Waals surface area contributed by atoms with Crippen molar-refractivity contribution in [1.82, 2.24) is 5.32 Å². The van der Waals surface area contributed by atoms with E-state index in [1.54, 1.807) is 0 Å². The lowest BCUT2D eigenvalue weighted by Crippen LogP contribution is -2.37. The Morgan fingerprint density at radius 1 is 0.938 bits per heavy atom. The second-order valence-electron chi connectivity index (χ2n) is 6.36. The van der Waals surface area contributed by atoms with E-state index in [0.717, 1.165) is 23.8 Å². The molecule has 2 aliphatic carbocycles. The van der Waals surface area contributed by atoms with Crippen molar-refractivity contribution in [3.8, 4) is 0 Å². The highest BCUT2D eigenvalue weighted by Gasteiger charge is 2.24. The summed E-state index contributed by atoms with van der Waals surface area (Å²) in [4.78, 5) is 0. The van der Waals surface area contributed by atoms with E-state index in [2.05, 4.69) is 19.2 Å². The quantitative estimate of drug-likeness (QED) is 0.760. The van der Waals surface area contributed by atoms with Crippen LogP contribution in [0.4, 0.5) is 0 Å². The predicted octanol–water partition coefficient (Wildman–Crippen LogP) is 3.98. The van der Waals surface area contributed by atoms with Crippen LogP contribution in [0, 0.1) is 17.8 Å². The van der Waals surface area contributed by atoms with Gasteiger partial charge < -0.3 is 5.32 Å². The number of hydrogen-bond acceptors (Lipinski definition) is 1. The average molecular weight is 223 g/mol. The first-order chi connectivity index (χ1) is 7.75. The van der Waals surface area contributed by atoms with Crippen molar-refractivity contribution in [3.63, 3.8) is 0 Å². The fraction of sp³-hybridized carbons (Fsp3) is 1.00. The van der Waals surface area contributed by atoms with Crippen LogP contribution < -0.4 is 5.32 Å². The van der Waals surface area contributed by atoms with E-state index in [9.17, 15) is 0 Å². The summed E-state index contributed by atoms with van der Waals surface area (Å²) in [7, 11) is 0. The molecule has 2 aliphatic rings. The van der Waals surface area contributed by atoms with Gasteiger partial charge in [-0.05, 0) is 50.0 Å². The molecule has 3 unspecified atom stereocenters. The molecule has 0 heterocycles. The van der Waals surface area contributed by atoms with Gasteiger partial charge in [-0.15, -0.1) is 0 Å². The van der Waals surface area contributed by atoms with Gasteiger partial charge >= 0.3 is 0 Å². The van der Waals surface area contributed by atoms with Crippen molar-refractivity contribution < 1.29 is 0 Å². The van der Waals surface area contributed by atoms with Crippen molar-refractivity contribution in [3.05, 3.63) is 0 Å². The van der Waals surface area contributed by atoms with Crippen LogP contribution in [-0.4, -0.2) is 12.6 Å². The minimum Gasteiger partial charge on any atom is -0.314 e. The SMILES string of the molecule is CC1CCC(NCCC2CCCC2)CC1C. The van der Waals surface area contributed by atoms with E-state index in [0.29, 0.717) is 0 Å². The normalized spacial score (nSPS) is 36.8. The molecule has 2 saturated carbocycles. The molecule has 0 saturated heterocycles. The van der Waals surface area contributed by atoms with Crippen LogP contribution in [0.25, 0.3) is 0 Å². The third-order valence-electron chi connectivity index (χ3n) is 5.06. The van der Waals surface area contributed by atoms with Gasteiger partial charge in [0, 0.05) is 6.04 Å². The van der Waals surface area contributed by atoms with E-state index < -0.39 is 0 Å². The molecule has 2 rings (SSSR count). The van der Waals surface area contributed by atoms with Gasteiger partial charge in [0.1, 0.15) is 0 Å². The first-order valence-electron chi connectivity index (χ1n) is 7.49. The molecule has 0 spiro atoms. The van der Waals surface area contributed by atoms with E-state index >= 15 is 0 Å². The Labute approximate surface area is 101 Å². The molecule has 0 amide bonds. The Morgan fingerprint density at radius 3 is 2.38 bits per heavy atom. The first-order valence-corrected chi connectivity index (χ1v) is 7.49. The summed E-state index contributed by atoms with van der Waals surface area (Å²) in [6.07, 6.45) is 11.7. The Bertz CT molecular complexity index is 196. The maximum absolute atomic E-state index is 3.80. The lowest BCUT2D eigenvalue weighted by Gasteiger charge is -2.32. The minimum absolute atomic E-state index is 0.826. The van der Waals surface area contributed by atoms with Gasteiger partial charge in [-0.1, -0.05) is 39.5 Å². The molecule has 16 heavy (non-hydrogen) atoms. The first kappa shape index (κ1) is 12.4. The predicted molar refractivity (Wildman–Crippen MR) is 70.5 cm³/mol. The fourth-order valence-corrected chi connectivity index (χ4v) is 3.52. The Balaban J connectivity index is 1.59. The maximum atomic E-state index is 3.80. The fourth-order valence-electron chi connectivity index (χ4n) is 3.52. The molecule has 0 aliphatic heterocycles. The smallest absolute Gasteiger partial charge is 0.00698 e. The lowest BCUT2D eigenvalue weighted by molar-refractivity contribution is 0.224. The van der Waals surface area contributed by atoms with E-state index in [4.69, 9.17) is 0 Å². The van der Waals surface area contributed by atoms with Crippen molar-refractivity contribution in [2.75, 3.05) is 6.54 Å². The molecule has 0 bridgehead atoms. The van der Waals surface area contributed by atoms with Crippen LogP contribution in [0.5, 0.6) is 0 Å². The molecule has 0 aromatic carbocycles. The van der Waals surface area contributed by atoms with Gasteiger partial charge in [0.25, 0.3) is 0 Å². The number of nitrogens with one attached hydrogen (secondary N) is 1. The van der Waals surface area contributed by atoms with Gasteiger partial charge in [0.15, 0.2) is 0 Å². The molecule has 0 radical (unpaired) electrons. The van der Waals surface area contributed by atoms with Gasteiger partial charge in [-0.2, -0.15) is 0 Å². The molecule has 2 fully saturated rings. The van der Waals surface area contributed by atoms with Crippen molar-refractivity contribution >= 4 is 0 Å². The maximum Gasteiger partial charge on any atom is 0.00698 e. The zero-order valence-corrected chi connectivity index (χ0v) is 11.2. The summed E-state index contributed by atoms with van der Waals surface area (Å²) in [6.45, 7) is 6.12. The van der Waals surface area contributed by atoms with Crippen LogP contribution in [0.2, 0.25) is 0 Å². The van der Waals surface area contributed by atoms with E-state index in [1.807, 2.05) is 0 Å². The van der Waals surface area contributed by atoms with Crippen LogP contribution in [0.15, 0.2) is 0 Å². The third kappa shape index (κ3) is 3.48. The molecule has 1 heteroatoms. The topological polar surface area (TPSA) is 12.0 Å².